The SMILES string of the molecule is COc1cc(NC(=O)OC(C)(C)C)cc(OC)c1. The van der Waals surface area contributed by atoms with Crippen LogP contribution in [0.15, 0.2) is 18.2 Å². The van der Waals surface area contributed by atoms with Gasteiger partial charge in [0.15, 0.2) is 0 Å². The number of amides is 1. The van der Waals surface area contributed by atoms with Crippen molar-refractivity contribution >= 4 is 11.8 Å². The summed E-state index contributed by atoms with van der Waals surface area (Å²) in [6.45, 7) is 5.41. The summed E-state index contributed by atoms with van der Waals surface area (Å²) < 4.78 is 15.4. The molecule has 1 rings (SSSR count). The second kappa shape index (κ2) is 5.62. The van der Waals surface area contributed by atoms with Crippen LogP contribution in [-0.2, 0) is 4.74 Å². The number of anilines is 1. The fourth-order valence-corrected chi connectivity index (χ4v) is 1.30. The third-order valence-electron chi connectivity index (χ3n) is 2.00. The number of ether oxygens (including phenoxy) is 3. The number of hydrogen-bond donors (Lipinski definition) is 1. The van der Waals surface area contributed by atoms with Gasteiger partial charge in [-0.05, 0) is 20.8 Å². The van der Waals surface area contributed by atoms with Crippen molar-refractivity contribution in [3.63, 3.8) is 0 Å². The Morgan fingerprint density at radius 1 is 1.06 bits per heavy atom. The quantitative estimate of drug-likeness (QED) is 0.899. The third kappa shape index (κ3) is 4.53. The summed E-state index contributed by atoms with van der Waals surface area (Å²) in [7, 11) is 3.10. The van der Waals surface area contributed by atoms with E-state index in [1.807, 2.05) is 0 Å². The van der Waals surface area contributed by atoms with Crippen molar-refractivity contribution in [3.8, 4) is 11.5 Å². The molecule has 0 radical (unpaired) electrons. The minimum absolute atomic E-state index is 0.516. The van der Waals surface area contributed by atoms with E-state index < -0.39 is 11.7 Å². The molecule has 0 spiro atoms. The zero-order valence-corrected chi connectivity index (χ0v) is 11.4. The first-order chi connectivity index (χ1) is 8.34. The van der Waals surface area contributed by atoms with Gasteiger partial charge in [-0.3, -0.25) is 5.32 Å². The van der Waals surface area contributed by atoms with E-state index in [0.29, 0.717) is 17.2 Å². The molecule has 0 saturated carbocycles. The Kier molecular flexibility index (Phi) is 4.42. The molecule has 1 amide bonds. The molecule has 1 aromatic carbocycles. The van der Waals surface area contributed by atoms with Crippen LogP contribution in [0.25, 0.3) is 0 Å². The van der Waals surface area contributed by atoms with Crippen molar-refractivity contribution in [1.82, 2.24) is 0 Å². The van der Waals surface area contributed by atoms with Gasteiger partial charge in [0, 0.05) is 18.2 Å². The van der Waals surface area contributed by atoms with Crippen LogP contribution in [0.1, 0.15) is 20.8 Å². The molecule has 18 heavy (non-hydrogen) atoms. The van der Waals surface area contributed by atoms with Crippen LogP contribution in [-0.4, -0.2) is 25.9 Å². The fourth-order valence-electron chi connectivity index (χ4n) is 1.30. The average Bonchev–Trinajstić information content (AvgIpc) is 2.25. The summed E-state index contributed by atoms with van der Waals surface area (Å²) in [5.74, 6) is 1.20. The van der Waals surface area contributed by atoms with E-state index >= 15 is 0 Å². The largest absolute Gasteiger partial charge is 0.497 e. The van der Waals surface area contributed by atoms with Crippen LogP contribution in [0.2, 0.25) is 0 Å². The van der Waals surface area contributed by atoms with Crippen molar-refractivity contribution in [2.45, 2.75) is 26.4 Å². The maximum absolute atomic E-state index is 11.6. The summed E-state index contributed by atoms with van der Waals surface area (Å²) in [6.07, 6.45) is -0.516. The molecule has 0 bridgehead atoms. The number of methoxy groups -OCH3 is 2. The van der Waals surface area contributed by atoms with Crippen molar-refractivity contribution in [2.75, 3.05) is 19.5 Å². The van der Waals surface area contributed by atoms with E-state index in [2.05, 4.69) is 5.32 Å². The summed E-state index contributed by atoms with van der Waals surface area (Å²) >= 11 is 0. The number of nitrogens with one attached hydrogen (secondary N) is 1. The first kappa shape index (κ1) is 14.2. The Labute approximate surface area is 107 Å². The lowest BCUT2D eigenvalue weighted by molar-refractivity contribution is 0.0636. The summed E-state index contributed by atoms with van der Waals surface area (Å²) in [6, 6.07) is 5.10. The van der Waals surface area contributed by atoms with E-state index in [0.717, 1.165) is 0 Å². The van der Waals surface area contributed by atoms with Crippen molar-refractivity contribution in [1.29, 1.82) is 0 Å². The molecule has 0 aliphatic carbocycles. The minimum Gasteiger partial charge on any atom is -0.497 e. The summed E-state index contributed by atoms with van der Waals surface area (Å²) in [4.78, 5) is 11.6. The highest BCUT2D eigenvalue weighted by Crippen LogP contribution is 2.26. The maximum Gasteiger partial charge on any atom is 0.412 e. The number of benzene rings is 1. The standard InChI is InChI=1S/C13H19NO4/c1-13(2,3)18-12(15)14-9-6-10(16-4)8-11(7-9)17-5/h6-8H,1-5H3,(H,14,15). The highest BCUT2D eigenvalue weighted by atomic mass is 16.6. The van der Waals surface area contributed by atoms with Crippen LogP contribution < -0.4 is 14.8 Å². The maximum atomic E-state index is 11.6. The van der Waals surface area contributed by atoms with Gasteiger partial charge in [-0.2, -0.15) is 0 Å². The second-order valence-corrected chi connectivity index (χ2v) is 4.73. The Hall–Kier alpha value is -1.91. The lowest BCUT2D eigenvalue weighted by Gasteiger charge is -2.20. The van der Waals surface area contributed by atoms with Crippen LogP contribution in [0.3, 0.4) is 0 Å². The van der Waals surface area contributed by atoms with Gasteiger partial charge in [-0.25, -0.2) is 4.79 Å². The van der Waals surface area contributed by atoms with Gasteiger partial charge in [0.2, 0.25) is 0 Å². The lowest BCUT2D eigenvalue weighted by Crippen LogP contribution is -2.27. The predicted octanol–water partition coefficient (Wildman–Crippen LogP) is 3.05. The molecule has 0 unspecified atom stereocenters. The van der Waals surface area contributed by atoms with Gasteiger partial charge in [0.1, 0.15) is 17.1 Å². The van der Waals surface area contributed by atoms with Gasteiger partial charge in [-0.15, -0.1) is 0 Å². The lowest BCUT2D eigenvalue weighted by atomic mass is 10.2. The smallest absolute Gasteiger partial charge is 0.412 e. The van der Waals surface area contributed by atoms with E-state index in [1.165, 1.54) is 0 Å². The van der Waals surface area contributed by atoms with Gasteiger partial charge in [0.25, 0.3) is 0 Å². The highest BCUT2D eigenvalue weighted by Gasteiger charge is 2.16. The fraction of sp³-hybridized carbons (Fsp3) is 0.462. The van der Waals surface area contributed by atoms with E-state index in [-0.39, 0.29) is 0 Å². The van der Waals surface area contributed by atoms with Crippen LogP contribution in [0.5, 0.6) is 11.5 Å². The zero-order chi connectivity index (χ0) is 13.8. The molecule has 0 aromatic heterocycles. The van der Waals surface area contributed by atoms with Crippen LogP contribution in [0, 0.1) is 0 Å². The number of carbonyl (C=O) groups excluding carboxylic acids is 1. The molecule has 1 aromatic rings. The monoisotopic (exact) mass is 253 g/mol. The first-order valence-corrected chi connectivity index (χ1v) is 5.57. The normalized spacial score (nSPS) is 10.7. The zero-order valence-electron chi connectivity index (χ0n) is 11.4. The Morgan fingerprint density at radius 3 is 1.94 bits per heavy atom. The third-order valence-corrected chi connectivity index (χ3v) is 2.00. The minimum atomic E-state index is -0.535. The Morgan fingerprint density at radius 2 is 1.56 bits per heavy atom. The Bertz CT molecular complexity index is 401. The Balaban J connectivity index is 2.80. The van der Waals surface area contributed by atoms with E-state index in [4.69, 9.17) is 14.2 Å². The molecule has 0 heterocycles. The molecule has 0 fully saturated rings. The molecule has 1 N–H and O–H groups in total. The van der Waals surface area contributed by atoms with Gasteiger partial charge in [0.05, 0.1) is 19.9 Å². The highest BCUT2D eigenvalue weighted by molar-refractivity contribution is 5.85. The first-order valence-electron chi connectivity index (χ1n) is 5.57. The van der Waals surface area contributed by atoms with Gasteiger partial charge in [-0.1, -0.05) is 0 Å². The molecule has 0 aliphatic rings. The summed E-state index contributed by atoms with van der Waals surface area (Å²) in [5, 5.41) is 2.63. The molecular formula is C13H19NO4. The molecule has 0 atom stereocenters. The van der Waals surface area contributed by atoms with Crippen LogP contribution >= 0.6 is 0 Å². The number of hydrogen-bond acceptors (Lipinski definition) is 4. The van der Waals surface area contributed by atoms with E-state index in [9.17, 15) is 4.79 Å². The van der Waals surface area contributed by atoms with Gasteiger partial charge < -0.3 is 14.2 Å². The molecule has 0 aliphatic heterocycles. The van der Waals surface area contributed by atoms with E-state index in [1.54, 1.807) is 53.2 Å². The molecular weight excluding hydrogens is 234 g/mol. The van der Waals surface area contributed by atoms with Crippen LogP contribution in [0.4, 0.5) is 10.5 Å². The van der Waals surface area contributed by atoms with Gasteiger partial charge >= 0.3 is 6.09 Å². The number of carbonyl (C=O) groups is 1. The average molecular weight is 253 g/mol. The van der Waals surface area contributed by atoms with Crippen molar-refractivity contribution < 1.29 is 19.0 Å². The molecule has 100 valence electrons. The van der Waals surface area contributed by atoms with Crippen molar-refractivity contribution in [3.05, 3.63) is 18.2 Å². The predicted molar refractivity (Wildman–Crippen MR) is 69.4 cm³/mol. The molecule has 5 heteroatoms. The van der Waals surface area contributed by atoms with Crippen molar-refractivity contribution in [2.24, 2.45) is 0 Å². The second-order valence-electron chi connectivity index (χ2n) is 4.73. The summed E-state index contributed by atoms with van der Waals surface area (Å²) in [5.41, 5.74) is 0.0213. The topological polar surface area (TPSA) is 56.8 Å². The number of rotatable bonds is 3. The molecule has 5 nitrogen and oxygen atoms in total. The molecule has 0 saturated heterocycles.